The van der Waals surface area contributed by atoms with E-state index in [1.807, 2.05) is 11.4 Å². The Morgan fingerprint density at radius 2 is 2.29 bits per heavy atom. The normalized spacial score (nSPS) is 24.0. The van der Waals surface area contributed by atoms with E-state index in [2.05, 4.69) is 11.4 Å². The molecular weight excluding hydrogens is 286 g/mol. The highest BCUT2D eigenvalue weighted by Gasteiger charge is 2.53. The third kappa shape index (κ3) is 2.22. The molecule has 0 unspecified atom stereocenters. The lowest BCUT2D eigenvalue weighted by molar-refractivity contribution is -0.132. The SMILES string of the molecule is N#CCCCCN1C(=O)N[C@]2(CCCc3sccc32)C1=O. The molecule has 21 heavy (non-hydrogen) atoms. The van der Waals surface area contributed by atoms with E-state index in [-0.39, 0.29) is 11.9 Å². The van der Waals surface area contributed by atoms with Crippen molar-refractivity contribution in [3.05, 3.63) is 21.9 Å². The van der Waals surface area contributed by atoms with Gasteiger partial charge in [0.05, 0.1) is 6.07 Å². The number of nitrogens with one attached hydrogen (secondary N) is 1. The molecule has 1 spiro atoms. The van der Waals surface area contributed by atoms with Gasteiger partial charge >= 0.3 is 6.03 Å². The Kier molecular flexibility index (Phi) is 3.68. The standard InChI is InChI=1S/C15H17N3O2S/c16-8-2-1-3-9-18-13(19)15(17-14(18)20)7-4-5-12-11(15)6-10-21-12/h6,10H,1-5,7,9H2,(H,17,20)/t15-/m0/s1. The van der Waals surface area contributed by atoms with Gasteiger partial charge in [0.1, 0.15) is 5.54 Å². The summed E-state index contributed by atoms with van der Waals surface area (Å²) in [5, 5.41) is 13.5. The Morgan fingerprint density at radius 1 is 1.43 bits per heavy atom. The average molecular weight is 303 g/mol. The molecule has 1 N–H and O–H groups in total. The third-order valence-electron chi connectivity index (χ3n) is 4.26. The number of rotatable bonds is 4. The van der Waals surface area contributed by atoms with E-state index >= 15 is 0 Å². The number of fused-ring (bicyclic) bond motifs is 2. The number of urea groups is 1. The van der Waals surface area contributed by atoms with Gasteiger partial charge in [-0.2, -0.15) is 5.26 Å². The molecule has 2 heterocycles. The fourth-order valence-corrected chi connectivity index (χ4v) is 4.22. The van der Waals surface area contributed by atoms with Crippen LogP contribution < -0.4 is 5.32 Å². The summed E-state index contributed by atoms with van der Waals surface area (Å²) in [4.78, 5) is 27.5. The lowest BCUT2D eigenvalue weighted by atomic mass is 9.80. The first kappa shape index (κ1) is 14.1. The first-order chi connectivity index (χ1) is 10.2. The molecule has 110 valence electrons. The maximum atomic E-state index is 12.8. The van der Waals surface area contributed by atoms with Gasteiger partial charge in [0.2, 0.25) is 0 Å². The van der Waals surface area contributed by atoms with Crippen LogP contribution in [-0.4, -0.2) is 23.4 Å². The van der Waals surface area contributed by atoms with Crippen LogP contribution in [0.1, 0.15) is 42.5 Å². The lowest BCUT2D eigenvalue weighted by Gasteiger charge is -2.31. The Morgan fingerprint density at radius 3 is 3.10 bits per heavy atom. The zero-order valence-corrected chi connectivity index (χ0v) is 12.5. The van der Waals surface area contributed by atoms with Crippen LogP contribution in [-0.2, 0) is 16.8 Å². The second-order valence-electron chi connectivity index (χ2n) is 5.52. The number of unbranched alkanes of at least 4 members (excludes halogenated alkanes) is 2. The van der Waals surface area contributed by atoms with Gasteiger partial charge < -0.3 is 5.32 Å². The first-order valence-corrected chi connectivity index (χ1v) is 8.15. The predicted octanol–water partition coefficient (Wildman–Crippen LogP) is 2.53. The van der Waals surface area contributed by atoms with Crippen LogP contribution in [0.25, 0.3) is 0 Å². The van der Waals surface area contributed by atoms with E-state index in [1.54, 1.807) is 11.3 Å². The summed E-state index contributed by atoms with van der Waals surface area (Å²) in [6.07, 6.45) is 4.44. The first-order valence-electron chi connectivity index (χ1n) is 7.27. The summed E-state index contributed by atoms with van der Waals surface area (Å²) >= 11 is 1.66. The van der Waals surface area contributed by atoms with Gasteiger partial charge in [-0.25, -0.2) is 4.79 Å². The highest BCUT2D eigenvalue weighted by atomic mass is 32.1. The number of hydrogen-bond acceptors (Lipinski definition) is 4. The Bertz CT molecular complexity index is 619. The number of aryl methyl sites for hydroxylation is 1. The van der Waals surface area contributed by atoms with Crippen LogP contribution in [0.15, 0.2) is 11.4 Å². The van der Waals surface area contributed by atoms with Gasteiger partial charge in [0, 0.05) is 23.4 Å². The van der Waals surface area contributed by atoms with Gasteiger partial charge in [-0.1, -0.05) is 0 Å². The fourth-order valence-electron chi connectivity index (χ4n) is 3.22. The molecule has 2 aliphatic rings. The molecule has 5 nitrogen and oxygen atoms in total. The molecule has 3 rings (SSSR count). The van der Waals surface area contributed by atoms with Gasteiger partial charge in [0.25, 0.3) is 5.91 Å². The van der Waals surface area contributed by atoms with E-state index in [0.717, 1.165) is 18.4 Å². The highest BCUT2D eigenvalue weighted by molar-refractivity contribution is 7.10. The number of thiophene rings is 1. The van der Waals surface area contributed by atoms with Crippen molar-refractivity contribution in [2.24, 2.45) is 0 Å². The molecule has 0 saturated carbocycles. The number of carbonyl (C=O) groups excluding carboxylic acids is 2. The lowest BCUT2D eigenvalue weighted by Crippen LogP contribution is -2.46. The Balaban J connectivity index is 1.80. The molecule has 1 atom stereocenters. The van der Waals surface area contributed by atoms with Crippen molar-refractivity contribution in [3.63, 3.8) is 0 Å². The van der Waals surface area contributed by atoms with Crippen LogP contribution in [0.3, 0.4) is 0 Å². The molecule has 0 bridgehead atoms. The van der Waals surface area contributed by atoms with E-state index < -0.39 is 5.54 Å². The number of nitriles is 1. The fraction of sp³-hybridized carbons (Fsp3) is 0.533. The molecule has 1 saturated heterocycles. The van der Waals surface area contributed by atoms with Crippen LogP contribution in [0.5, 0.6) is 0 Å². The van der Waals surface area contributed by atoms with Gasteiger partial charge in [-0.3, -0.25) is 9.69 Å². The van der Waals surface area contributed by atoms with Gasteiger partial charge in [0.15, 0.2) is 0 Å². The predicted molar refractivity (Wildman–Crippen MR) is 78.6 cm³/mol. The molecule has 1 aromatic rings. The highest BCUT2D eigenvalue weighted by Crippen LogP contribution is 2.42. The van der Waals surface area contributed by atoms with Crippen molar-refractivity contribution in [1.29, 1.82) is 5.26 Å². The van der Waals surface area contributed by atoms with Crippen LogP contribution in [0.2, 0.25) is 0 Å². The minimum absolute atomic E-state index is 0.121. The van der Waals surface area contributed by atoms with Crippen LogP contribution in [0.4, 0.5) is 4.79 Å². The maximum absolute atomic E-state index is 12.8. The molecule has 6 heteroatoms. The summed E-state index contributed by atoms with van der Waals surface area (Å²) in [6, 6.07) is 3.75. The quantitative estimate of drug-likeness (QED) is 0.686. The number of imide groups is 1. The summed E-state index contributed by atoms with van der Waals surface area (Å²) in [6.45, 7) is 0.396. The van der Waals surface area contributed by atoms with Crippen molar-refractivity contribution in [2.45, 2.75) is 44.1 Å². The van der Waals surface area contributed by atoms with Crippen LogP contribution in [0, 0.1) is 11.3 Å². The largest absolute Gasteiger partial charge is 0.325 e. The number of amides is 3. The van der Waals surface area contributed by atoms with Crippen LogP contribution >= 0.6 is 11.3 Å². The molecule has 0 aromatic carbocycles. The third-order valence-corrected chi connectivity index (χ3v) is 5.24. The molecule has 0 radical (unpaired) electrons. The van der Waals surface area contributed by atoms with Gasteiger partial charge in [-0.15, -0.1) is 11.3 Å². The summed E-state index contributed by atoms with van der Waals surface area (Å²) < 4.78 is 0. The van der Waals surface area contributed by atoms with Crippen molar-refractivity contribution in [2.75, 3.05) is 6.54 Å². The Labute approximate surface area is 127 Å². The van der Waals surface area contributed by atoms with Crippen molar-refractivity contribution in [3.8, 4) is 6.07 Å². The number of nitrogens with zero attached hydrogens (tertiary/aromatic N) is 2. The second kappa shape index (κ2) is 5.49. The minimum Gasteiger partial charge on any atom is -0.319 e. The van der Waals surface area contributed by atoms with Crippen molar-refractivity contribution < 1.29 is 9.59 Å². The van der Waals surface area contributed by atoms with E-state index in [9.17, 15) is 9.59 Å². The van der Waals surface area contributed by atoms with E-state index in [4.69, 9.17) is 5.26 Å². The molecule has 3 amide bonds. The molecule has 1 fully saturated rings. The summed E-state index contributed by atoms with van der Waals surface area (Å²) in [5.41, 5.74) is 0.150. The Hall–Kier alpha value is -1.87. The van der Waals surface area contributed by atoms with Crippen molar-refractivity contribution >= 4 is 23.3 Å². The zero-order valence-electron chi connectivity index (χ0n) is 11.7. The topological polar surface area (TPSA) is 73.2 Å². The maximum Gasteiger partial charge on any atom is 0.325 e. The molecular formula is C15H17N3O2S. The van der Waals surface area contributed by atoms with Crippen molar-refractivity contribution in [1.82, 2.24) is 10.2 Å². The molecule has 1 aliphatic heterocycles. The van der Waals surface area contributed by atoms with E-state index in [0.29, 0.717) is 32.2 Å². The molecule has 1 aliphatic carbocycles. The number of hydrogen-bond donors (Lipinski definition) is 1. The summed E-state index contributed by atoms with van der Waals surface area (Å²) in [7, 11) is 0. The second-order valence-corrected chi connectivity index (χ2v) is 6.52. The monoisotopic (exact) mass is 303 g/mol. The van der Waals surface area contributed by atoms with E-state index in [1.165, 1.54) is 9.78 Å². The smallest absolute Gasteiger partial charge is 0.319 e. The summed E-state index contributed by atoms with van der Waals surface area (Å²) in [5.74, 6) is -0.121. The number of carbonyl (C=O) groups is 2. The minimum atomic E-state index is -0.833. The van der Waals surface area contributed by atoms with Gasteiger partial charge in [-0.05, 0) is 43.6 Å². The average Bonchev–Trinajstić information content (AvgIpc) is 3.03. The zero-order chi connectivity index (χ0) is 14.9. The molecule has 1 aromatic heterocycles.